The number of carbonyl (C=O) groups excluding carboxylic acids is 1. The molecule has 5 nitrogen and oxygen atoms in total. The molecule has 1 saturated carbocycles. The number of rotatable bonds is 7. The molecule has 1 aromatic rings. The van der Waals surface area contributed by atoms with E-state index in [1.165, 1.54) is 0 Å². The average molecular weight is 333 g/mol. The fourth-order valence-corrected chi connectivity index (χ4v) is 3.84. The van der Waals surface area contributed by atoms with E-state index < -0.39 is 32.5 Å². The van der Waals surface area contributed by atoms with Crippen LogP contribution in [0.5, 0.6) is 0 Å². The molecule has 8 heteroatoms. The Morgan fingerprint density at radius 1 is 1.36 bits per heavy atom. The second-order valence-electron chi connectivity index (χ2n) is 4.98. The quantitative estimate of drug-likeness (QED) is 0.717. The maximum absolute atomic E-state index is 13.8. The average Bonchev–Trinajstić information content (AvgIpc) is 3.23. The Hall–Kier alpha value is -1.54. The third-order valence-corrected chi connectivity index (χ3v) is 5.26. The third-order valence-electron chi connectivity index (χ3n) is 3.28. The number of halogens is 2. The van der Waals surface area contributed by atoms with Crippen molar-refractivity contribution in [1.82, 2.24) is 4.31 Å². The minimum atomic E-state index is -4.11. The molecular weight excluding hydrogens is 316 g/mol. The number of sulfonamides is 1. The molecule has 0 radical (unpaired) electrons. The molecule has 0 heterocycles. The zero-order chi connectivity index (χ0) is 16.3. The van der Waals surface area contributed by atoms with E-state index in [0.717, 1.165) is 16.4 Å². The molecule has 122 valence electrons. The predicted octanol–water partition coefficient (Wildman–Crippen LogP) is 2.07. The van der Waals surface area contributed by atoms with Gasteiger partial charge in [0.1, 0.15) is 16.5 Å². The highest BCUT2D eigenvalue weighted by Gasteiger charge is 2.39. The molecule has 0 amide bonds. The highest BCUT2D eigenvalue weighted by molar-refractivity contribution is 7.89. The van der Waals surface area contributed by atoms with Gasteiger partial charge in [0.25, 0.3) is 0 Å². The summed E-state index contributed by atoms with van der Waals surface area (Å²) in [6.07, 6.45) is 1.21. The van der Waals surface area contributed by atoms with Crippen LogP contribution in [0.4, 0.5) is 8.78 Å². The van der Waals surface area contributed by atoms with Gasteiger partial charge in [-0.2, -0.15) is 4.31 Å². The van der Waals surface area contributed by atoms with Gasteiger partial charge < -0.3 is 4.74 Å². The molecule has 0 aliphatic heterocycles. The highest BCUT2D eigenvalue weighted by atomic mass is 32.2. The maximum atomic E-state index is 13.8. The summed E-state index contributed by atoms with van der Waals surface area (Å²) in [6.45, 7) is 1.78. The van der Waals surface area contributed by atoms with Crippen LogP contribution < -0.4 is 0 Å². The van der Waals surface area contributed by atoms with Crippen LogP contribution >= 0.6 is 0 Å². The van der Waals surface area contributed by atoms with Crippen LogP contribution in [0.2, 0.25) is 0 Å². The van der Waals surface area contributed by atoms with Gasteiger partial charge in [-0.3, -0.25) is 4.79 Å². The van der Waals surface area contributed by atoms with Gasteiger partial charge in [-0.05, 0) is 31.9 Å². The summed E-state index contributed by atoms with van der Waals surface area (Å²) >= 11 is 0. The molecule has 0 aromatic heterocycles. The second-order valence-corrected chi connectivity index (χ2v) is 6.84. The van der Waals surface area contributed by atoms with Gasteiger partial charge >= 0.3 is 5.97 Å². The first-order valence-electron chi connectivity index (χ1n) is 6.98. The molecule has 2 rings (SSSR count). The van der Waals surface area contributed by atoms with E-state index >= 15 is 0 Å². The van der Waals surface area contributed by atoms with Crippen molar-refractivity contribution in [3.63, 3.8) is 0 Å². The van der Waals surface area contributed by atoms with Crippen LogP contribution in [0, 0.1) is 11.6 Å². The van der Waals surface area contributed by atoms with E-state index in [-0.39, 0.29) is 25.6 Å². The van der Waals surface area contributed by atoms with Gasteiger partial charge in [-0.25, -0.2) is 17.2 Å². The van der Waals surface area contributed by atoms with Crippen molar-refractivity contribution in [2.45, 2.75) is 37.1 Å². The summed E-state index contributed by atoms with van der Waals surface area (Å²) in [4.78, 5) is 10.8. The fourth-order valence-electron chi connectivity index (χ4n) is 2.11. The summed E-state index contributed by atoms with van der Waals surface area (Å²) in [6, 6.07) is 2.08. The third kappa shape index (κ3) is 3.80. The molecule has 0 spiro atoms. The Kier molecular flexibility index (Phi) is 5.12. The summed E-state index contributed by atoms with van der Waals surface area (Å²) in [5, 5.41) is 0. The first-order valence-corrected chi connectivity index (χ1v) is 8.42. The molecule has 0 N–H and O–H groups in total. The number of hydrogen-bond donors (Lipinski definition) is 0. The Labute approximate surface area is 127 Å². The Morgan fingerprint density at radius 2 is 2.05 bits per heavy atom. The molecule has 0 atom stereocenters. The van der Waals surface area contributed by atoms with E-state index in [1.54, 1.807) is 6.92 Å². The minimum Gasteiger partial charge on any atom is -0.466 e. The maximum Gasteiger partial charge on any atom is 0.307 e. The Bertz CT molecular complexity index is 659. The highest BCUT2D eigenvalue weighted by Crippen LogP contribution is 2.33. The van der Waals surface area contributed by atoms with E-state index in [4.69, 9.17) is 4.74 Å². The van der Waals surface area contributed by atoms with Gasteiger partial charge in [-0.1, -0.05) is 0 Å². The van der Waals surface area contributed by atoms with Crippen molar-refractivity contribution in [2.75, 3.05) is 13.2 Å². The van der Waals surface area contributed by atoms with Gasteiger partial charge in [0.2, 0.25) is 10.0 Å². The van der Waals surface area contributed by atoms with Gasteiger partial charge in [-0.15, -0.1) is 0 Å². The van der Waals surface area contributed by atoms with E-state index in [9.17, 15) is 22.0 Å². The molecular formula is C14H17F2NO4S. The van der Waals surface area contributed by atoms with Crippen LogP contribution in [-0.2, 0) is 19.6 Å². The van der Waals surface area contributed by atoms with Gasteiger partial charge in [0, 0.05) is 18.7 Å². The SMILES string of the molecule is CCOC(=O)CCN(C1CC1)S(=O)(=O)c1ccc(F)cc1F. The molecule has 22 heavy (non-hydrogen) atoms. The molecule has 1 aliphatic rings. The first-order chi connectivity index (χ1) is 10.4. The van der Waals surface area contributed by atoms with Crippen molar-refractivity contribution in [3.05, 3.63) is 29.8 Å². The fraction of sp³-hybridized carbons (Fsp3) is 0.500. The van der Waals surface area contributed by atoms with Crippen molar-refractivity contribution < 1.29 is 26.7 Å². The number of ether oxygens (including phenoxy) is 1. The number of nitrogens with zero attached hydrogens (tertiary/aromatic N) is 1. The lowest BCUT2D eigenvalue weighted by molar-refractivity contribution is -0.143. The van der Waals surface area contributed by atoms with Crippen LogP contribution in [0.25, 0.3) is 0 Å². The lowest BCUT2D eigenvalue weighted by Crippen LogP contribution is -2.35. The van der Waals surface area contributed by atoms with E-state index in [0.29, 0.717) is 18.9 Å². The zero-order valence-corrected chi connectivity index (χ0v) is 12.9. The summed E-state index contributed by atoms with van der Waals surface area (Å²) in [5.74, 6) is -2.49. The molecule has 1 fully saturated rings. The summed E-state index contributed by atoms with van der Waals surface area (Å²) in [5.41, 5.74) is 0. The first kappa shape index (κ1) is 16.8. The molecule has 1 aliphatic carbocycles. The number of carbonyl (C=O) groups is 1. The van der Waals surface area contributed by atoms with Crippen molar-refractivity contribution in [3.8, 4) is 0 Å². The van der Waals surface area contributed by atoms with Crippen LogP contribution in [0.3, 0.4) is 0 Å². The van der Waals surface area contributed by atoms with Crippen LogP contribution in [0.1, 0.15) is 26.2 Å². The van der Waals surface area contributed by atoms with Crippen molar-refractivity contribution >= 4 is 16.0 Å². The lowest BCUT2D eigenvalue weighted by Gasteiger charge is -2.21. The smallest absolute Gasteiger partial charge is 0.307 e. The van der Waals surface area contributed by atoms with Crippen LogP contribution in [-0.4, -0.2) is 37.9 Å². The number of benzene rings is 1. The molecule has 0 saturated heterocycles. The van der Waals surface area contributed by atoms with Gasteiger partial charge in [0.05, 0.1) is 13.0 Å². The minimum absolute atomic E-state index is 0.0807. The summed E-state index contributed by atoms with van der Waals surface area (Å²) < 4.78 is 57.6. The molecule has 0 bridgehead atoms. The Balaban J connectivity index is 2.21. The normalized spacial score (nSPS) is 15.1. The number of esters is 1. The zero-order valence-electron chi connectivity index (χ0n) is 12.1. The molecule has 1 aromatic carbocycles. The monoisotopic (exact) mass is 333 g/mol. The standard InChI is InChI=1S/C14H17F2NO4S/c1-2-21-14(18)7-8-17(11-4-5-11)22(19,20)13-6-3-10(15)9-12(13)16/h3,6,9,11H,2,4-5,7-8H2,1H3. The predicted molar refractivity (Wildman–Crippen MR) is 74.5 cm³/mol. The second kappa shape index (κ2) is 6.70. The van der Waals surface area contributed by atoms with Crippen molar-refractivity contribution in [2.24, 2.45) is 0 Å². The van der Waals surface area contributed by atoms with Crippen molar-refractivity contribution in [1.29, 1.82) is 0 Å². The van der Waals surface area contributed by atoms with Crippen LogP contribution in [0.15, 0.2) is 23.1 Å². The number of hydrogen-bond acceptors (Lipinski definition) is 4. The van der Waals surface area contributed by atoms with Gasteiger partial charge in [0.15, 0.2) is 0 Å². The largest absolute Gasteiger partial charge is 0.466 e. The topological polar surface area (TPSA) is 63.7 Å². The Morgan fingerprint density at radius 3 is 2.59 bits per heavy atom. The molecule has 0 unspecified atom stereocenters. The van der Waals surface area contributed by atoms with E-state index in [2.05, 4.69) is 0 Å². The lowest BCUT2D eigenvalue weighted by atomic mass is 10.3. The summed E-state index contributed by atoms with van der Waals surface area (Å²) in [7, 11) is -4.11. The van der Waals surface area contributed by atoms with E-state index in [1.807, 2.05) is 0 Å².